The van der Waals surface area contributed by atoms with Crippen LogP contribution in [0.4, 0.5) is 0 Å². The van der Waals surface area contributed by atoms with Crippen molar-refractivity contribution in [2.75, 3.05) is 0 Å². The molecule has 0 saturated carbocycles. The molecule has 2 aromatic heterocycles. The van der Waals surface area contributed by atoms with Crippen LogP contribution in [0.1, 0.15) is 10.5 Å². The zero-order chi connectivity index (χ0) is 10.8. The number of aromatic nitrogens is 3. The van der Waals surface area contributed by atoms with E-state index in [-0.39, 0.29) is 5.69 Å². The van der Waals surface area contributed by atoms with Crippen LogP contribution in [-0.2, 0) is 0 Å². The molecule has 0 saturated heterocycles. The Balaban J connectivity index is 2.52. The second kappa shape index (κ2) is 3.82. The number of hydrogen-bond donors (Lipinski definition) is 1. The normalized spacial score (nSPS) is 10.2. The van der Waals surface area contributed by atoms with Crippen molar-refractivity contribution in [3.63, 3.8) is 0 Å². The van der Waals surface area contributed by atoms with E-state index in [4.69, 9.17) is 5.11 Å². The second-order valence-corrected chi connectivity index (χ2v) is 3.63. The van der Waals surface area contributed by atoms with Crippen molar-refractivity contribution in [2.45, 2.75) is 0 Å². The average Bonchev–Trinajstić information content (AvgIpc) is 2.71. The summed E-state index contributed by atoms with van der Waals surface area (Å²) in [6.45, 7) is 0. The standard InChI is InChI=1S/C9H6BrN3O2/c10-6-1-2-7(12-8(6)9(14)15)13-4-3-11-5-13/h1-5H,(H,14,15). The highest BCUT2D eigenvalue weighted by Crippen LogP contribution is 2.16. The summed E-state index contributed by atoms with van der Waals surface area (Å²) in [6, 6.07) is 3.35. The Morgan fingerprint density at radius 1 is 1.47 bits per heavy atom. The van der Waals surface area contributed by atoms with E-state index in [2.05, 4.69) is 25.9 Å². The first-order chi connectivity index (χ1) is 7.18. The largest absolute Gasteiger partial charge is 0.476 e. The number of carboxylic acids is 1. The number of nitrogens with zero attached hydrogens (tertiary/aromatic N) is 3. The maximum Gasteiger partial charge on any atom is 0.355 e. The molecule has 0 aromatic carbocycles. The van der Waals surface area contributed by atoms with Gasteiger partial charge in [0.05, 0.1) is 4.47 Å². The molecule has 0 fully saturated rings. The van der Waals surface area contributed by atoms with Gasteiger partial charge in [0.25, 0.3) is 0 Å². The number of carboxylic acid groups (broad SMARTS) is 1. The molecule has 5 nitrogen and oxygen atoms in total. The summed E-state index contributed by atoms with van der Waals surface area (Å²) in [5.74, 6) is -0.544. The lowest BCUT2D eigenvalue weighted by Gasteiger charge is -2.03. The molecular formula is C9H6BrN3O2. The molecule has 0 spiro atoms. The van der Waals surface area contributed by atoms with Gasteiger partial charge in [0.2, 0.25) is 0 Å². The Morgan fingerprint density at radius 2 is 2.27 bits per heavy atom. The first-order valence-corrected chi connectivity index (χ1v) is 4.86. The summed E-state index contributed by atoms with van der Waals surface area (Å²) < 4.78 is 2.10. The third-order valence-corrected chi connectivity index (χ3v) is 2.44. The average molecular weight is 268 g/mol. The minimum atomic E-state index is -1.07. The van der Waals surface area contributed by atoms with Crippen molar-refractivity contribution in [1.82, 2.24) is 14.5 Å². The van der Waals surface area contributed by atoms with Crippen LogP contribution >= 0.6 is 15.9 Å². The third-order valence-electron chi connectivity index (χ3n) is 1.80. The fraction of sp³-hybridized carbons (Fsp3) is 0. The smallest absolute Gasteiger partial charge is 0.355 e. The summed E-state index contributed by atoms with van der Waals surface area (Å²) in [4.78, 5) is 18.7. The minimum Gasteiger partial charge on any atom is -0.476 e. The van der Waals surface area contributed by atoms with E-state index in [1.165, 1.54) is 0 Å². The lowest BCUT2D eigenvalue weighted by molar-refractivity contribution is 0.0689. The number of rotatable bonds is 2. The number of aromatic carboxylic acids is 1. The first kappa shape index (κ1) is 9.85. The highest BCUT2D eigenvalue weighted by atomic mass is 79.9. The molecule has 76 valence electrons. The zero-order valence-corrected chi connectivity index (χ0v) is 9.05. The fourth-order valence-corrected chi connectivity index (χ4v) is 1.51. The topological polar surface area (TPSA) is 68.0 Å². The van der Waals surface area contributed by atoms with Crippen LogP contribution < -0.4 is 0 Å². The van der Waals surface area contributed by atoms with Gasteiger partial charge in [0.1, 0.15) is 12.1 Å². The number of hydrogen-bond acceptors (Lipinski definition) is 3. The Hall–Kier alpha value is -1.69. The third kappa shape index (κ3) is 1.89. The van der Waals surface area contributed by atoms with Crippen LogP contribution in [0.2, 0.25) is 0 Å². The molecule has 0 atom stereocenters. The zero-order valence-electron chi connectivity index (χ0n) is 7.46. The van der Waals surface area contributed by atoms with Gasteiger partial charge in [-0.3, -0.25) is 4.57 Å². The van der Waals surface area contributed by atoms with Crippen molar-refractivity contribution in [1.29, 1.82) is 0 Å². The maximum atomic E-state index is 10.8. The second-order valence-electron chi connectivity index (χ2n) is 2.77. The first-order valence-electron chi connectivity index (χ1n) is 4.06. The van der Waals surface area contributed by atoms with Gasteiger partial charge in [-0.1, -0.05) is 0 Å². The van der Waals surface area contributed by atoms with Gasteiger partial charge in [0, 0.05) is 12.4 Å². The Labute approximate surface area is 93.5 Å². The molecule has 0 radical (unpaired) electrons. The SMILES string of the molecule is O=C(O)c1nc(-n2ccnc2)ccc1Br. The van der Waals surface area contributed by atoms with Crippen molar-refractivity contribution in [3.8, 4) is 5.82 Å². The van der Waals surface area contributed by atoms with Crippen LogP contribution in [0.3, 0.4) is 0 Å². The van der Waals surface area contributed by atoms with E-state index >= 15 is 0 Å². The van der Waals surface area contributed by atoms with E-state index < -0.39 is 5.97 Å². The molecule has 15 heavy (non-hydrogen) atoms. The molecule has 0 aliphatic rings. The molecule has 2 rings (SSSR count). The molecule has 2 aromatic rings. The monoisotopic (exact) mass is 267 g/mol. The maximum absolute atomic E-state index is 10.8. The van der Waals surface area contributed by atoms with Crippen LogP contribution in [-0.4, -0.2) is 25.6 Å². The van der Waals surface area contributed by atoms with Gasteiger partial charge in [-0.25, -0.2) is 14.8 Å². The Kier molecular flexibility index (Phi) is 2.51. The van der Waals surface area contributed by atoms with Gasteiger partial charge < -0.3 is 5.11 Å². The summed E-state index contributed by atoms with van der Waals surface area (Å²) in [5, 5.41) is 8.87. The quantitative estimate of drug-likeness (QED) is 0.900. The van der Waals surface area contributed by atoms with Crippen molar-refractivity contribution < 1.29 is 9.90 Å². The molecule has 2 heterocycles. The minimum absolute atomic E-state index is 0.0128. The highest BCUT2D eigenvalue weighted by Gasteiger charge is 2.11. The lowest BCUT2D eigenvalue weighted by Crippen LogP contribution is -2.05. The van der Waals surface area contributed by atoms with Crippen LogP contribution in [0, 0.1) is 0 Å². The van der Waals surface area contributed by atoms with E-state index in [1.807, 2.05) is 0 Å². The van der Waals surface area contributed by atoms with Gasteiger partial charge in [0.15, 0.2) is 5.69 Å². The highest BCUT2D eigenvalue weighted by molar-refractivity contribution is 9.10. The predicted molar refractivity (Wildman–Crippen MR) is 56.0 cm³/mol. The molecule has 0 bridgehead atoms. The van der Waals surface area contributed by atoms with Crippen LogP contribution in [0.25, 0.3) is 5.82 Å². The number of pyridine rings is 1. The molecule has 1 N–H and O–H groups in total. The molecule has 6 heteroatoms. The van der Waals surface area contributed by atoms with Crippen molar-refractivity contribution in [3.05, 3.63) is 41.0 Å². The van der Waals surface area contributed by atoms with Gasteiger partial charge in [-0.15, -0.1) is 0 Å². The van der Waals surface area contributed by atoms with Gasteiger partial charge in [-0.05, 0) is 28.1 Å². The molecule has 0 amide bonds. The van der Waals surface area contributed by atoms with E-state index in [1.54, 1.807) is 35.4 Å². The summed E-state index contributed by atoms with van der Waals surface area (Å²) in [5.41, 5.74) is -0.0128. The number of halogens is 1. The van der Waals surface area contributed by atoms with E-state index in [0.29, 0.717) is 10.3 Å². The van der Waals surface area contributed by atoms with E-state index in [0.717, 1.165) is 0 Å². The number of imidazole rings is 1. The van der Waals surface area contributed by atoms with Crippen molar-refractivity contribution >= 4 is 21.9 Å². The Morgan fingerprint density at radius 3 is 2.87 bits per heavy atom. The Bertz CT molecular complexity index is 496. The van der Waals surface area contributed by atoms with E-state index in [9.17, 15) is 4.79 Å². The predicted octanol–water partition coefficient (Wildman–Crippen LogP) is 1.73. The van der Waals surface area contributed by atoms with Crippen LogP contribution in [0.15, 0.2) is 35.3 Å². The molecule has 0 unspecified atom stereocenters. The molecule has 0 aliphatic heterocycles. The summed E-state index contributed by atoms with van der Waals surface area (Å²) >= 11 is 3.13. The molecule has 0 aliphatic carbocycles. The number of carbonyl (C=O) groups is 1. The lowest BCUT2D eigenvalue weighted by atomic mass is 10.3. The summed E-state index contributed by atoms with van der Waals surface area (Å²) in [6.07, 6.45) is 4.86. The van der Waals surface area contributed by atoms with Crippen LogP contribution in [0.5, 0.6) is 0 Å². The van der Waals surface area contributed by atoms with Gasteiger partial charge >= 0.3 is 5.97 Å². The van der Waals surface area contributed by atoms with Crippen molar-refractivity contribution in [2.24, 2.45) is 0 Å². The summed E-state index contributed by atoms with van der Waals surface area (Å²) in [7, 11) is 0. The molecular weight excluding hydrogens is 262 g/mol. The van der Waals surface area contributed by atoms with Gasteiger partial charge in [-0.2, -0.15) is 0 Å². The fourth-order valence-electron chi connectivity index (χ4n) is 1.12.